The molecule has 94 valence electrons. The number of likely N-dealkylation sites (tertiary alicyclic amines) is 1. The normalized spacial score (nSPS) is 23.8. The molecule has 2 atom stereocenters. The lowest BCUT2D eigenvalue weighted by molar-refractivity contribution is -0.128. The van der Waals surface area contributed by atoms with Crippen LogP contribution in [0.15, 0.2) is 0 Å². The van der Waals surface area contributed by atoms with Crippen LogP contribution in [0.5, 0.6) is 0 Å². The number of rotatable bonds is 5. The largest absolute Gasteiger partial charge is 0.390 e. The molecule has 0 aliphatic carbocycles. The van der Waals surface area contributed by atoms with Crippen molar-refractivity contribution in [1.82, 2.24) is 4.90 Å². The molecule has 0 aromatic rings. The zero-order valence-electron chi connectivity index (χ0n) is 8.67. The molecule has 16 heavy (non-hydrogen) atoms. The van der Waals surface area contributed by atoms with Crippen molar-refractivity contribution in [3.8, 4) is 0 Å². The van der Waals surface area contributed by atoms with Crippen molar-refractivity contribution in [1.29, 1.82) is 0 Å². The number of carbonyl (C=O) groups is 1. The third-order valence-corrected chi connectivity index (χ3v) is 3.30. The predicted octanol–water partition coefficient (Wildman–Crippen LogP) is -1.55. The van der Waals surface area contributed by atoms with Crippen molar-refractivity contribution in [3.05, 3.63) is 0 Å². The van der Waals surface area contributed by atoms with Crippen LogP contribution in [0.3, 0.4) is 0 Å². The molecule has 8 heteroatoms. The van der Waals surface area contributed by atoms with Crippen molar-refractivity contribution in [3.63, 3.8) is 0 Å². The molecule has 1 aliphatic heterocycles. The van der Waals surface area contributed by atoms with Gasteiger partial charge in [0.2, 0.25) is 5.91 Å². The number of nitrogens with two attached hydrogens (primary N) is 1. The number of hydrogen-bond donors (Lipinski definition) is 2. The maximum atomic E-state index is 12.4. The van der Waals surface area contributed by atoms with E-state index >= 15 is 0 Å². The average molecular weight is 254 g/mol. The fraction of sp³-hybridized carbons (Fsp3) is 0.875. The highest BCUT2D eigenvalue weighted by Gasteiger charge is 2.33. The van der Waals surface area contributed by atoms with Gasteiger partial charge in [0, 0.05) is 32.0 Å². The number of amides is 1. The zero-order chi connectivity index (χ0) is 12.3. The molecule has 0 radical (unpaired) electrons. The number of nitrogens with zero attached hydrogens (tertiary/aromatic N) is 1. The summed E-state index contributed by atoms with van der Waals surface area (Å²) in [6.07, 6.45) is -0.829. The molecule has 0 aromatic carbocycles. The van der Waals surface area contributed by atoms with Crippen molar-refractivity contribution >= 4 is 16.1 Å². The van der Waals surface area contributed by atoms with Gasteiger partial charge in [-0.3, -0.25) is 4.79 Å². The van der Waals surface area contributed by atoms with Crippen LogP contribution in [0.1, 0.15) is 6.42 Å². The van der Waals surface area contributed by atoms with E-state index in [1.54, 1.807) is 0 Å². The van der Waals surface area contributed by atoms with Gasteiger partial charge in [-0.05, 0) is 0 Å². The molecule has 0 bridgehead atoms. The Bertz CT molecular complexity index is 359. The van der Waals surface area contributed by atoms with Crippen LogP contribution in [0.4, 0.5) is 3.89 Å². The fourth-order valence-electron chi connectivity index (χ4n) is 1.75. The molecule has 0 aromatic heterocycles. The van der Waals surface area contributed by atoms with Crippen molar-refractivity contribution in [2.75, 3.05) is 25.4 Å². The monoisotopic (exact) mass is 254 g/mol. The Morgan fingerprint density at radius 1 is 1.62 bits per heavy atom. The lowest BCUT2D eigenvalue weighted by Crippen LogP contribution is -2.37. The molecule has 6 nitrogen and oxygen atoms in total. The number of halogens is 1. The first-order valence-corrected chi connectivity index (χ1v) is 6.45. The van der Waals surface area contributed by atoms with Gasteiger partial charge in [-0.1, -0.05) is 0 Å². The second-order valence-corrected chi connectivity index (χ2v) is 5.37. The molecular formula is C8H15FN2O4S. The standard InChI is InChI=1S/C8H15FN2O4S/c9-16(14,15)5-6-1-8(13)11(3-6)4-7(12)2-10/h6-7,12H,1-5,10H2. The first-order valence-electron chi connectivity index (χ1n) is 4.90. The summed E-state index contributed by atoms with van der Waals surface area (Å²) in [6, 6.07) is 0. The maximum absolute atomic E-state index is 12.4. The number of carbonyl (C=O) groups excluding carboxylic acids is 1. The van der Waals surface area contributed by atoms with E-state index in [0.717, 1.165) is 0 Å². The van der Waals surface area contributed by atoms with E-state index in [1.807, 2.05) is 0 Å². The van der Waals surface area contributed by atoms with E-state index in [9.17, 15) is 22.2 Å². The van der Waals surface area contributed by atoms with Crippen LogP contribution >= 0.6 is 0 Å². The molecule has 0 spiro atoms. The zero-order valence-corrected chi connectivity index (χ0v) is 9.49. The van der Waals surface area contributed by atoms with Gasteiger partial charge >= 0.3 is 10.2 Å². The second kappa shape index (κ2) is 5.07. The van der Waals surface area contributed by atoms with Crippen LogP contribution in [0, 0.1) is 5.92 Å². The topological polar surface area (TPSA) is 101 Å². The van der Waals surface area contributed by atoms with Gasteiger partial charge in [0.1, 0.15) is 0 Å². The maximum Gasteiger partial charge on any atom is 0.302 e. The third-order valence-electron chi connectivity index (χ3n) is 2.43. The summed E-state index contributed by atoms with van der Waals surface area (Å²) in [5.74, 6) is -1.46. The minimum atomic E-state index is -4.55. The predicted molar refractivity (Wildman–Crippen MR) is 54.6 cm³/mol. The van der Waals surface area contributed by atoms with Crippen molar-refractivity contribution < 1.29 is 22.2 Å². The van der Waals surface area contributed by atoms with Gasteiger partial charge in [-0.25, -0.2) is 0 Å². The Kier molecular flexibility index (Phi) is 4.22. The number of aliphatic hydroxyl groups is 1. The minimum absolute atomic E-state index is 0.000438. The average Bonchev–Trinajstić information content (AvgIpc) is 2.43. The van der Waals surface area contributed by atoms with Crippen LogP contribution in [0.2, 0.25) is 0 Å². The van der Waals surface area contributed by atoms with Crippen molar-refractivity contribution in [2.45, 2.75) is 12.5 Å². The quantitative estimate of drug-likeness (QED) is 0.579. The summed E-state index contributed by atoms with van der Waals surface area (Å²) in [4.78, 5) is 12.7. The first-order chi connectivity index (χ1) is 7.31. The van der Waals surface area contributed by atoms with E-state index in [4.69, 9.17) is 5.73 Å². The molecule has 1 amide bonds. The molecular weight excluding hydrogens is 239 g/mol. The number of aliphatic hydroxyl groups excluding tert-OH is 1. The molecule has 3 N–H and O–H groups in total. The van der Waals surface area contributed by atoms with E-state index in [2.05, 4.69) is 0 Å². The van der Waals surface area contributed by atoms with Crippen LogP contribution < -0.4 is 5.73 Å². The third kappa shape index (κ3) is 4.03. The molecule has 1 fully saturated rings. The molecule has 1 aliphatic rings. The number of β-amino-alcohol motifs (C(OH)–C–C–N with tert-alkyl or cyclic N) is 1. The minimum Gasteiger partial charge on any atom is -0.390 e. The molecule has 1 heterocycles. The van der Waals surface area contributed by atoms with Crippen LogP contribution in [-0.4, -0.2) is 55.8 Å². The lowest BCUT2D eigenvalue weighted by atomic mass is 10.1. The first kappa shape index (κ1) is 13.3. The van der Waals surface area contributed by atoms with Gasteiger partial charge in [0.15, 0.2) is 0 Å². The summed E-state index contributed by atoms with van der Waals surface area (Å²) in [5.41, 5.74) is 5.19. The Morgan fingerprint density at radius 3 is 2.75 bits per heavy atom. The SMILES string of the molecule is NCC(O)CN1CC(CS(=O)(=O)F)CC1=O. The van der Waals surface area contributed by atoms with Gasteiger partial charge < -0.3 is 15.7 Å². The summed E-state index contributed by atoms with van der Waals surface area (Å²) >= 11 is 0. The highest BCUT2D eigenvalue weighted by molar-refractivity contribution is 7.86. The molecule has 2 unspecified atom stereocenters. The molecule has 0 saturated carbocycles. The Hall–Kier alpha value is -0.730. The van der Waals surface area contributed by atoms with Gasteiger partial charge in [-0.2, -0.15) is 8.42 Å². The summed E-state index contributed by atoms with van der Waals surface area (Å²) in [7, 11) is -4.55. The van der Waals surface area contributed by atoms with Gasteiger partial charge in [0.05, 0.1) is 11.9 Å². The number of hydrogen-bond acceptors (Lipinski definition) is 5. The summed E-state index contributed by atoms with van der Waals surface area (Å²) in [6.45, 7) is 0.243. The molecule has 1 rings (SSSR count). The van der Waals surface area contributed by atoms with Crippen molar-refractivity contribution in [2.24, 2.45) is 11.7 Å². The highest BCUT2D eigenvalue weighted by Crippen LogP contribution is 2.20. The van der Waals surface area contributed by atoms with Crippen LogP contribution in [-0.2, 0) is 15.0 Å². The summed E-state index contributed by atoms with van der Waals surface area (Å²) in [5, 5.41) is 9.24. The Labute approximate surface area is 93.4 Å². The van der Waals surface area contributed by atoms with E-state index in [1.165, 1.54) is 4.90 Å². The van der Waals surface area contributed by atoms with Crippen LogP contribution in [0.25, 0.3) is 0 Å². The Morgan fingerprint density at radius 2 is 2.25 bits per heavy atom. The smallest absolute Gasteiger partial charge is 0.302 e. The Balaban J connectivity index is 2.51. The fourth-order valence-corrected chi connectivity index (χ4v) is 2.54. The van der Waals surface area contributed by atoms with E-state index in [0.29, 0.717) is 0 Å². The highest BCUT2D eigenvalue weighted by atomic mass is 32.3. The van der Waals surface area contributed by atoms with E-state index < -0.39 is 28.0 Å². The lowest BCUT2D eigenvalue weighted by Gasteiger charge is -2.19. The van der Waals surface area contributed by atoms with E-state index in [-0.39, 0.29) is 32.0 Å². The van der Waals surface area contributed by atoms with Gasteiger partial charge in [0.25, 0.3) is 0 Å². The second-order valence-electron chi connectivity index (χ2n) is 3.96. The molecule has 1 saturated heterocycles. The van der Waals surface area contributed by atoms with Gasteiger partial charge in [-0.15, -0.1) is 3.89 Å². The summed E-state index contributed by atoms with van der Waals surface area (Å²) < 4.78 is 33.2.